The van der Waals surface area contributed by atoms with Gasteiger partial charge in [-0.2, -0.15) is 0 Å². The molecular weight excluding hydrogens is 316 g/mol. The van der Waals surface area contributed by atoms with Crippen molar-refractivity contribution in [2.45, 2.75) is 19.3 Å². The first-order chi connectivity index (χ1) is 9.66. The molecule has 3 rings (SSSR count). The van der Waals surface area contributed by atoms with E-state index < -0.39 is 0 Å². The Morgan fingerprint density at radius 1 is 1.25 bits per heavy atom. The van der Waals surface area contributed by atoms with Gasteiger partial charge in [-0.25, -0.2) is 0 Å². The van der Waals surface area contributed by atoms with Gasteiger partial charge in [0.25, 0.3) is 0 Å². The Labute approximate surface area is 126 Å². The summed E-state index contributed by atoms with van der Waals surface area (Å²) in [6, 6.07) is 13.6. The summed E-state index contributed by atoms with van der Waals surface area (Å²) in [7, 11) is 0. The Hall–Kier alpha value is -1.61. The summed E-state index contributed by atoms with van der Waals surface area (Å²) in [5.74, 6) is 0.928. The summed E-state index contributed by atoms with van der Waals surface area (Å²) in [6.45, 7) is 2.58. The van der Waals surface area contributed by atoms with E-state index in [1.807, 2.05) is 49.4 Å². The highest BCUT2D eigenvalue weighted by atomic mass is 79.9. The van der Waals surface area contributed by atoms with Gasteiger partial charge in [0.15, 0.2) is 5.78 Å². The second-order valence-electron chi connectivity index (χ2n) is 5.05. The average molecular weight is 331 g/mol. The molecule has 0 radical (unpaired) electrons. The van der Waals surface area contributed by atoms with Crippen molar-refractivity contribution in [1.82, 2.24) is 0 Å². The van der Waals surface area contributed by atoms with Crippen LogP contribution >= 0.6 is 15.9 Å². The van der Waals surface area contributed by atoms with Crippen molar-refractivity contribution in [1.29, 1.82) is 0 Å². The van der Waals surface area contributed by atoms with Crippen LogP contribution in [0.1, 0.15) is 33.8 Å². The normalized spacial score (nSPS) is 17.2. The molecule has 1 unspecified atom stereocenters. The molecule has 3 heteroatoms. The van der Waals surface area contributed by atoms with Crippen molar-refractivity contribution in [3.63, 3.8) is 0 Å². The van der Waals surface area contributed by atoms with Crippen molar-refractivity contribution < 1.29 is 9.53 Å². The van der Waals surface area contributed by atoms with Crippen LogP contribution in [-0.4, -0.2) is 12.4 Å². The number of ether oxygens (including phenoxy) is 1. The van der Waals surface area contributed by atoms with E-state index in [-0.39, 0.29) is 11.7 Å². The van der Waals surface area contributed by atoms with Gasteiger partial charge in [0, 0.05) is 15.6 Å². The van der Waals surface area contributed by atoms with E-state index in [9.17, 15) is 4.79 Å². The van der Waals surface area contributed by atoms with E-state index in [4.69, 9.17) is 4.74 Å². The number of carbonyl (C=O) groups excluding carboxylic acids is 1. The maximum atomic E-state index is 12.8. The third kappa shape index (κ3) is 2.38. The van der Waals surface area contributed by atoms with Gasteiger partial charge in [-0.3, -0.25) is 4.79 Å². The lowest BCUT2D eigenvalue weighted by atomic mass is 9.85. The highest BCUT2D eigenvalue weighted by Gasteiger charge is 2.28. The van der Waals surface area contributed by atoms with Crippen molar-refractivity contribution in [2.24, 2.45) is 0 Å². The Balaban J connectivity index is 2.00. The Bertz CT molecular complexity index is 664. The van der Waals surface area contributed by atoms with E-state index in [2.05, 4.69) is 15.9 Å². The smallest absolute Gasteiger partial charge is 0.170 e. The molecule has 2 nitrogen and oxygen atoms in total. The first-order valence-electron chi connectivity index (χ1n) is 6.69. The number of hydrogen-bond donors (Lipinski definition) is 0. The lowest BCUT2D eigenvalue weighted by molar-refractivity contribution is 0.0932. The minimum absolute atomic E-state index is 0.0974. The topological polar surface area (TPSA) is 26.3 Å². The number of para-hydroxylation sites is 1. The Morgan fingerprint density at radius 2 is 2.05 bits per heavy atom. The van der Waals surface area contributed by atoms with Crippen molar-refractivity contribution in [2.75, 3.05) is 6.61 Å². The number of ketones is 1. The standard InChI is InChI=1S/C17H15BrO2/c1-11-10-12(18)6-7-13(11)17(19)15-8-9-20-16-5-3-2-4-14(15)16/h2-7,10,15H,8-9H2,1H3. The van der Waals surface area contributed by atoms with Gasteiger partial charge in [-0.1, -0.05) is 40.2 Å². The van der Waals surface area contributed by atoms with Gasteiger partial charge in [0.2, 0.25) is 0 Å². The lowest BCUT2D eigenvalue weighted by Crippen LogP contribution is -2.22. The molecule has 1 aliphatic rings. The fourth-order valence-corrected chi connectivity index (χ4v) is 3.18. The number of aryl methyl sites for hydroxylation is 1. The van der Waals surface area contributed by atoms with Crippen LogP contribution in [0.5, 0.6) is 5.75 Å². The van der Waals surface area contributed by atoms with E-state index in [0.717, 1.165) is 33.3 Å². The predicted octanol–water partition coefficient (Wildman–Crippen LogP) is 4.51. The minimum atomic E-state index is -0.0974. The largest absolute Gasteiger partial charge is 0.493 e. The number of Topliss-reactive ketones (excluding diaryl/α,β-unsaturated/α-hetero) is 1. The summed E-state index contributed by atoms with van der Waals surface area (Å²) in [4.78, 5) is 12.8. The number of hydrogen-bond acceptors (Lipinski definition) is 2. The summed E-state index contributed by atoms with van der Waals surface area (Å²) in [5.41, 5.74) is 2.81. The van der Waals surface area contributed by atoms with Crippen LogP contribution in [0.25, 0.3) is 0 Å². The molecular formula is C17H15BrO2. The van der Waals surface area contributed by atoms with Gasteiger partial charge >= 0.3 is 0 Å². The molecule has 0 amide bonds. The lowest BCUT2D eigenvalue weighted by Gasteiger charge is -2.25. The molecule has 0 aliphatic carbocycles. The zero-order chi connectivity index (χ0) is 14.1. The van der Waals surface area contributed by atoms with Gasteiger partial charge in [-0.15, -0.1) is 0 Å². The maximum Gasteiger partial charge on any atom is 0.170 e. The van der Waals surface area contributed by atoms with E-state index in [0.29, 0.717) is 6.61 Å². The molecule has 1 aliphatic heterocycles. The van der Waals surface area contributed by atoms with Gasteiger partial charge < -0.3 is 4.74 Å². The molecule has 0 spiro atoms. The summed E-state index contributed by atoms with van der Waals surface area (Å²) >= 11 is 3.44. The van der Waals surface area contributed by atoms with E-state index >= 15 is 0 Å². The quantitative estimate of drug-likeness (QED) is 0.757. The monoisotopic (exact) mass is 330 g/mol. The molecule has 20 heavy (non-hydrogen) atoms. The summed E-state index contributed by atoms with van der Waals surface area (Å²) < 4.78 is 6.63. The van der Waals surface area contributed by atoms with E-state index in [1.54, 1.807) is 0 Å². The van der Waals surface area contributed by atoms with Crippen molar-refractivity contribution in [3.8, 4) is 5.75 Å². The maximum absolute atomic E-state index is 12.8. The summed E-state index contributed by atoms with van der Waals surface area (Å²) in [6.07, 6.45) is 0.741. The van der Waals surface area contributed by atoms with Crippen molar-refractivity contribution >= 4 is 21.7 Å². The molecule has 0 fully saturated rings. The zero-order valence-electron chi connectivity index (χ0n) is 11.2. The molecule has 0 saturated carbocycles. The van der Waals surface area contributed by atoms with Gasteiger partial charge in [-0.05, 0) is 37.1 Å². The van der Waals surface area contributed by atoms with Crippen LogP contribution in [0.3, 0.4) is 0 Å². The Kier molecular flexibility index (Phi) is 3.62. The van der Waals surface area contributed by atoms with E-state index in [1.165, 1.54) is 0 Å². The molecule has 102 valence electrons. The first-order valence-corrected chi connectivity index (χ1v) is 7.48. The molecule has 0 bridgehead atoms. The zero-order valence-corrected chi connectivity index (χ0v) is 12.8. The van der Waals surface area contributed by atoms with Crippen LogP contribution < -0.4 is 4.74 Å². The molecule has 0 N–H and O–H groups in total. The fourth-order valence-electron chi connectivity index (χ4n) is 2.71. The van der Waals surface area contributed by atoms with Crippen LogP contribution in [0.4, 0.5) is 0 Å². The number of benzene rings is 2. The molecule has 1 heterocycles. The number of fused-ring (bicyclic) bond motifs is 1. The first kappa shape index (κ1) is 13.4. The third-order valence-electron chi connectivity index (χ3n) is 3.73. The van der Waals surface area contributed by atoms with Crippen LogP contribution in [0.2, 0.25) is 0 Å². The van der Waals surface area contributed by atoms with Gasteiger partial charge in [0.05, 0.1) is 12.5 Å². The van der Waals surface area contributed by atoms with Crippen LogP contribution in [-0.2, 0) is 0 Å². The van der Waals surface area contributed by atoms with Crippen molar-refractivity contribution in [3.05, 3.63) is 63.6 Å². The van der Waals surface area contributed by atoms with Gasteiger partial charge in [0.1, 0.15) is 5.75 Å². The Morgan fingerprint density at radius 3 is 2.85 bits per heavy atom. The fraction of sp³-hybridized carbons (Fsp3) is 0.235. The highest BCUT2D eigenvalue weighted by Crippen LogP contribution is 2.36. The highest BCUT2D eigenvalue weighted by molar-refractivity contribution is 9.10. The predicted molar refractivity (Wildman–Crippen MR) is 82.5 cm³/mol. The molecule has 2 aromatic rings. The molecule has 0 saturated heterocycles. The third-order valence-corrected chi connectivity index (χ3v) is 4.22. The van der Waals surface area contributed by atoms with Crippen LogP contribution in [0, 0.1) is 6.92 Å². The minimum Gasteiger partial charge on any atom is -0.493 e. The average Bonchev–Trinajstić information content (AvgIpc) is 2.46. The van der Waals surface area contributed by atoms with Crippen LogP contribution in [0.15, 0.2) is 46.9 Å². The number of halogens is 1. The number of rotatable bonds is 2. The summed E-state index contributed by atoms with van der Waals surface area (Å²) in [5, 5.41) is 0. The SMILES string of the molecule is Cc1cc(Br)ccc1C(=O)C1CCOc2ccccc21. The second kappa shape index (κ2) is 5.41. The second-order valence-corrected chi connectivity index (χ2v) is 5.97. The molecule has 2 aromatic carbocycles. The molecule has 1 atom stereocenters. The molecule has 0 aromatic heterocycles. The number of carbonyl (C=O) groups is 1.